The van der Waals surface area contributed by atoms with E-state index in [1.165, 1.54) is 6.20 Å². The number of carbonyl (C=O) groups is 1. The lowest BCUT2D eigenvalue weighted by molar-refractivity contribution is 0.0831. The fourth-order valence-electron chi connectivity index (χ4n) is 1.94. The molecule has 0 bridgehead atoms. The Bertz CT molecular complexity index is 467. The van der Waals surface area contributed by atoms with Crippen LogP contribution in [0.25, 0.3) is 0 Å². The Morgan fingerprint density at radius 3 is 3.26 bits per heavy atom. The number of hydrogen-bond donors (Lipinski definition) is 1. The monoisotopic (exact) mass is 281 g/mol. The number of amides is 2. The summed E-state index contributed by atoms with van der Waals surface area (Å²) in [4.78, 5) is 17.6. The quantitative estimate of drug-likeness (QED) is 0.863. The average molecular weight is 282 g/mol. The highest BCUT2D eigenvalue weighted by molar-refractivity contribution is 6.30. The summed E-state index contributed by atoms with van der Waals surface area (Å²) < 4.78 is 5.53. The number of rotatable bonds is 4. The van der Waals surface area contributed by atoms with Crippen LogP contribution in [0.4, 0.5) is 10.5 Å². The smallest absolute Gasteiger partial charge is 0.321 e. The maximum Gasteiger partial charge on any atom is 0.321 e. The number of hydrogen-bond acceptors (Lipinski definition) is 3. The number of nitrogens with zero attached hydrogens (tertiary/aromatic N) is 2. The Kier molecular flexibility index (Phi) is 4.76. The molecule has 1 unspecified atom stereocenters. The zero-order chi connectivity index (χ0) is 13.7. The van der Waals surface area contributed by atoms with Crippen molar-refractivity contribution in [1.29, 1.82) is 0 Å². The summed E-state index contributed by atoms with van der Waals surface area (Å²) in [6.45, 7) is 5.39. The lowest BCUT2D eigenvalue weighted by Gasteiger charge is -2.17. The molecule has 1 aromatic heterocycles. The summed E-state index contributed by atoms with van der Waals surface area (Å²) in [5, 5.41) is 3.26. The van der Waals surface area contributed by atoms with Crippen LogP contribution in [0.5, 0.6) is 0 Å². The molecule has 102 valence electrons. The Morgan fingerprint density at radius 1 is 1.68 bits per heavy atom. The van der Waals surface area contributed by atoms with Gasteiger partial charge in [0.1, 0.15) is 0 Å². The van der Waals surface area contributed by atoms with Crippen molar-refractivity contribution in [3.05, 3.63) is 36.1 Å². The summed E-state index contributed by atoms with van der Waals surface area (Å²) in [6.07, 6.45) is 5.72. The molecule has 6 heteroatoms. The SMILES string of the molecule is C=CCOC1CCN(C(=O)Nc2cncc(Cl)c2)C1. The average Bonchev–Trinajstić information content (AvgIpc) is 2.85. The molecule has 1 saturated heterocycles. The number of aromatic nitrogens is 1. The van der Waals surface area contributed by atoms with Crippen LogP contribution in [0.3, 0.4) is 0 Å². The first-order chi connectivity index (χ1) is 9.19. The number of urea groups is 1. The van der Waals surface area contributed by atoms with E-state index < -0.39 is 0 Å². The van der Waals surface area contributed by atoms with Gasteiger partial charge in [-0.15, -0.1) is 6.58 Å². The minimum absolute atomic E-state index is 0.0845. The minimum atomic E-state index is -0.159. The molecule has 1 fully saturated rings. The second-order valence-corrected chi connectivity index (χ2v) is 4.74. The standard InChI is InChI=1S/C13H16ClN3O2/c1-2-5-19-12-3-4-17(9-12)13(18)16-11-6-10(14)7-15-8-11/h2,6-8,12H,1,3-5,9H2,(H,16,18). The van der Waals surface area contributed by atoms with E-state index in [0.717, 1.165) is 6.42 Å². The topological polar surface area (TPSA) is 54.5 Å². The summed E-state index contributed by atoms with van der Waals surface area (Å²) in [5.74, 6) is 0. The zero-order valence-corrected chi connectivity index (χ0v) is 11.3. The lowest BCUT2D eigenvalue weighted by atomic mass is 10.3. The van der Waals surface area contributed by atoms with E-state index in [0.29, 0.717) is 30.4 Å². The van der Waals surface area contributed by atoms with Crippen molar-refractivity contribution in [2.24, 2.45) is 0 Å². The van der Waals surface area contributed by atoms with Crippen molar-refractivity contribution < 1.29 is 9.53 Å². The van der Waals surface area contributed by atoms with Crippen LogP contribution in [-0.2, 0) is 4.74 Å². The molecule has 2 amide bonds. The number of likely N-dealkylation sites (tertiary alicyclic amines) is 1. The second-order valence-electron chi connectivity index (χ2n) is 4.30. The van der Waals surface area contributed by atoms with Gasteiger partial charge in [0, 0.05) is 19.3 Å². The van der Waals surface area contributed by atoms with Crippen LogP contribution in [0.2, 0.25) is 5.02 Å². The third-order valence-corrected chi connectivity index (χ3v) is 3.04. The van der Waals surface area contributed by atoms with E-state index in [1.807, 2.05) is 0 Å². The van der Waals surface area contributed by atoms with Crippen LogP contribution >= 0.6 is 11.6 Å². The highest BCUT2D eigenvalue weighted by Gasteiger charge is 2.26. The van der Waals surface area contributed by atoms with Gasteiger partial charge in [0.15, 0.2) is 0 Å². The second kappa shape index (κ2) is 6.54. The molecule has 0 radical (unpaired) electrons. The van der Waals surface area contributed by atoms with Crippen LogP contribution in [0.1, 0.15) is 6.42 Å². The van der Waals surface area contributed by atoms with Crippen molar-refractivity contribution in [2.75, 3.05) is 25.0 Å². The molecule has 2 rings (SSSR count). The number of nitrogens with one attached hydrogen (secondary N) is 1. The summed E-state index contributed by atoms with van der Waals surface area (Å²) in [6, 6.07) is 1.50. The van der Waals surface area contributed by atoms with Gasteiger partial charge >= 0.3 is 6.03 Å². The van der Waals surface area contributed by atoms with Gasteiger partial charge in [-0.1, -0.05) is 17.7 Å². The Balaban J connectivity index is 1.86. The molecule has 2 heterocycles. The summed E-state index contributed by atoms with van der Waals surface area (Å²) in [5.41, 5.74) is 0.591. The largest absolute Gasteiger partial charge is 0.372 e. The molecule has 0 spiro atoms. The van der Waals surface area contributed by atoms with Gasteiger partial charge in [-0.25, -0.2) is 4.79 Å². The van der Waals surface area contributed by atoms with Crippen molar-refractivity contribution in [3.8, 4) is 0 Å². The first-order valence-electron chi connectivity index (χ1n) is 6.08. The molecule has 0 saturated carbocycles. The molecule has 1 aromatic rings. The molecular formula is C13H16ClN3O2. The van der Waals surface area contributed by atoms with Crippen molar-refractivity contribution in [3.63, 3.8) is 0 Å². The third kappa shape index (κ3) is 3.94. The highest BCUT2D eigenvalue weighted by Crippen LogP contribution is 2.16. The molecule has 1 aliphatic rings. The number of anilines is 1. The zero-order valence-electron chi connectivity index (χ0n) is 10.5. The van der Waals surface area contributed by atoms with E-state index in [1.54, 1.807) is 23.2 Å². The normalized spacial score (nSPS) is 18.4. The van der Waals surface area contributed by atoms with Gasteiger partial charge in [0.2, 0.25) is 0 Å². The molecule has 19 heavy (non-hydrogen) atoms. The fraction of sp³-hybridized carbons (Fsp3) is 0.385. The lowest BCUT2D eigenvalue weighted by Crippen LogP contribution is -2.34. The molecule has 1 atom stereocenters. The predicted molar refractivity (Wildman–Crippen MR) is 74.4 cm³/mol. The molecule has 5 nitrogen and oxygen atoms in total. The van der Waals surface area contributed by atoms with Crippen molar-refractivity contribution in [2.45, 2.75) is 12.5 Å². The number of pyridine rings is 1. The van der Waals surface area contributed by atoms with E-state index in [2.05, 4.69) is 16.9 Å². The first kappa shape index (κ1) is 13.8. The molecule has 1 N–H and O–H groups in total. The highest BCUT2D eigenvalue weighted by atomic mass is 35.5. The van der Waals surface area contributed by atoms with Crippen LogP contribution < -0.4 is 5.32 Å². The van der Waals surface area contributed by atoms with E-state index in [-0.39, 0.29) is 12.1 Å². The summed E-state index contributed by atoms with van der Waals surface area (Å²) >= 11 is 5.81. The molecular weight excluding hydrogens is 266 g/mol. The maximum absolute atomic E-state index is 12.0. The Labute approximate surface area is 117 Å². The summed E-state index contributed by atoms with van der Waals surface area (Å²) in [7, 11) is 0. The van der Waals surface area contributed by atoms with E-state index in [4.69, 9.17) is 16.3 Å². The van der Waals surface area contributed by atoms with Gasteiger partial charge in [0.05, 0.1) is 29.6 Å². The van der Waals surface area contributed by atoms with Crippen LogP contribution in [0, 0.1) is 0 Å². The Hall–Kier alpha value is -1.59. The van der Waals surface area contributed by atoms with Gasteiger partial charge in [-0.05, 0) is 12.5 Å². The van der Waals surface area contributed by atoms with E-state index in [9.17, 15) is 4.79 Å². The van der Waals surface area contributed by atoms with Gasteiger partial charge in [0.25, 0.3) is 0 Å². The van der Waals surface area contributed by atoms with Gasteiger partial charge in [-0.2, -0.15) is 0 Å². The third-order valence-electron chi connectivity index (χ3n) is 2.84. The van der Waals surface area contributed by atoms with Crippen LogP contribution in [0.15, 0.2) is 31.1 Å². The maximum atomic E-state index is 12.0. The number of halogens is 1. The van der Waals surface area contributed by atoms with Gasteiger partial charge in [-0.3, -0.25) is 4.98 Å². The van der Waals surface area contributed by atoms with Crippen LogP contribution in [-0.4, -0.2) is 41.7 Å². The van der Waals surface area contributed by atoms with Crippen molar-refractivity contribution in [1.82, 2.24) is 9.88 Å². The first-order valence-corrected chi connectivity index (χ1v) is 6.46. The molecule has 0 aromatic carbocycles. The van der Waals surface area contributed by atoms with Gasteiger partial charge < -0.3 is 15.0 Å². The van der Waals surface area contributed by atoms with Crippen molar-refractivity contribution >= 4 is 23.3 Å². The molecule has 0 aliphatic carbocycles. The number of carbonyl (C=O) groups excluding carboxylic acids is 1. The molecule has 1 aliphatic heterocycles. The fourth-order valence-corrected chi connectivity index (χ4v) is 2.11. The minimum Gasteiger partial charge on any atom is -0.372 e. The Morgan fingerprint density at radius 2 is 2.53 bits per heavy atom. The number of ether oxygens (including phenoxy) is 1. The van der Waals surface area contributed by atoms with E-state index >= 15 is 0 Å². The predicted octanol–water partition coefficient (Wildman–Crippen LogP) is 2.54.